The second kappa shape index (κ2) is 9.99. The zero-order valence-electron chi connectivity index (χ0n) is 21.9. The van der Waals surface area contributed by atoms with Gasteiger partial charge in [-0.1, -0.05) is 48.5 Å². The zero-order valence-corrected chi connectivity index (χ0v) is 22.7. The minimum atomic E-state index is -0.693. The van der Waals surface area contributed by atoms with Crippen LogP contribution in [0.2, 0.25) is 0 Å². The number of nitrogens with one attached hydrogen (secondary N) is 2. The Hall–Kier alpha value is -3.36. The van der Waals surface area contributed by atoms with Crippen molar-refractivity contribution in [3.63, 3.8) is 0 Å². The Morgan fingerprint density at radius 3 is 2.41 bits per heavy atom. The van der Waals surface area contributed by atoms with E-state index in [1.54, 1.807) is 16.7 Å². The summed E-state index contributed by atoms with van der Waals surface area (Å²) in [4.78, 5) is 43.6. The number of anilines is 2. The molecule has 3 aromatic rings. The fourth-order valence-electron chi connectivity index (χ4n) is 6.98. The van der Waals surface area contributed by atoms with Gasteiger partial charge in [0.2, 0.25) is 17.7 Å². The van der Waals surface area contributed by atoms with Crippen LogP contribution in [0.4, 0.5) is 11.4 Å². The summed E-state index contributed by atoms with van der Waals surface area (Å²) in [5, 5.41) is 17.6. The smallest absolute Gasteiger partial charge is 0.248 e. The van der Waals surface area contributed by atoms with Crippen molar-refractivity contribution in [2.75, 3.05) is 23.8 Å². The largest absolute Gasteiger partial charge is 0.396 e. The fraction of sp³-hybridized carbons (Fsp3) is 0.387. The van der Waals surface area contributed by atoms with Crippen molar-refractivity contribution in [1.29, 1.82) is 0 Å². The Morgan fingerprint density at radius 2 is 1.64 bits per heavy atom. The van der Waals surface area contributed by atoms with Crippen molar-refractivity contribution in [3.8, 4) is 0 Å². The quantitative estimate of drug-likeness (QED) is 0.359. The average molecular weight is 544 g/mol. The summed E-state index contributed by atoms with van der Waals surface area (Å²) >= 11 is 1.66. The fourth-order valence-corrected chi connectivity index (χ4v) is 9.34. The molecule has 7 nitrogen and oxygen atoms in total. The van der Waals surface area contributed by atoms with E-state index < -0.39 is 27.4 Å². The van der Waals surface area contributed by atoms with Gasteiger partial charge in [0, 0.05) is 29.3 Å². The molecule has 3 aromatic carbocycles. The lowest BCUT2D eigenvalue weighted by atomic mass is 9.66. The second-order valence-electron chi connectivity index (χ2n) is 11.1. The molecule has 3 aliphatic rings. The summed E-state index contributed by atoms with van der Waals surface area (Å²) in [5.41, 5.74) is 1.38. The van der Waals surface area contributed by atoms with E-state index in [1.165, 1.54) is 0 Å². The normalized spacial score (nSPS) is 29.0. The summed E-state index contributed by atoms with van der Waals surface area (Å²) in [6, 6.07) is 22.4. The molecule has 0 radical (unpaired) electrons. The maximum Gasteiger partial charge on any atom is 0.248 e. The van der Waals surface area contributed by atoms with Crippen molar-refractivity contribution in [2.45, 2.75) is 48.1 Å². The number of nitrogens with zero attached hydrogens (tertiary/aromatic N) is 1. The van der Waals surface area contributed by atoms with Crippen molar-refractivity contribution in [2.24, 2.45) is 11.8 Å². The molecule has 3 saturated heterocycles. The number of carbonyl (C=O) groups excluding carboxylic acids is 3. The molecular weight excluding hydrogens is 510 g/mol. The number of para-hydroxylation sites is 1. The van der Waals surface area contributed by atoms with Gasteiger partial charge < -0.3 is 20.6 Å². The highest BCUT2D eigenvalue weighted by Gasteiger charge is 2.77. The number of thioether (sulfide) groups is 1. The number of fused-ring (bicyclic) bond motifs is 2. The molecule has 202 valence electrons. The third kappa shape index (κ3) is 4.30. The molecule has 6 rings (SSSR count). The summed E-state index contributed by atoms with van der Waals surface area (Å²) in [6.07, 6.45) is 2.60. The monoisotopic (exact) mass is 543 g/mol. The number of rotatable bonds is 8. The van der Waals surface area contributed by atoms with Gasteiger partial charge in [0.15, 0.2) is 0 Å². The zero-order chi connectivity index (χ0) is 27.2. The van der Waals surface area contributed by atoms with Gasteiger partial charge in [-0.25, -0.2) is 0 Å². The minimum absolute atomic E-state index is 0.0273. The van der Waals surface area contributed by atoms with Crippen LogP contribution in [0.3, 0.4) is 0 Å². The molecule has 0 aromatic heterocycles. The third-order valence-electron chi connectivity index (χ3n) is 8.67. The van der Waals surface area contributed by atoms with Gasteiger partial charge in [-0.05, 0) is 67.6 Å². The Kier molecular flexibility index (Phi) is 6.63. The molecule has 39 heavy (non-hydrogen) atoms. The first-order valence-corrected chi connectivity index (χ1v) is 14.4. The van der Waals surface area contributed by atoms with Crippen LogP contribution in [-0.2, 0) is 14.4 Å². The lowest BCUT2D eigenvalue weighted by Gasteiger charge is -2.34. The molecule has 3 fully saturated rings. The Labute approximate surface area is 232 Å². The molecule has 1 spiro atoms. The van der Waals surface area contributed by atoms with Gasteiger partial charge in [-0.2, -0.15) is 0 Å². The molecule has 0 aliphatic carbocycles. The molecule has 8 heteroatoms. The van der Waals surface area contributed by atoms with Gasteiger partial charge in [0.1, 0.15) is 6.04 Å². The highest BCUT2D eigenvalue weighted by atomic mass is 32.2. The van der Waals surface area contributed by atoms with Crippen LogP contribution in [0.15, 0.2) is 72.8 Å². The predicted molar refractivity (Wildman–Crippen MR) is 154 cm³/mol. The van der Waals surface area contributed by atoms with Crippen molar-refractivity contribution >= 4 is 51.6 Å². The molecule has 3 aliphatic heterocycles. The van der Waals surface area contributed by atoms with E-state index in [4.69, 9.17) is 0 Å². The van der Waals surface area contributed by atoms with E-state index in [0.717, 1.165) is 17.2 Å². The third-order valence-corrected chi connectivity index (χ3v) is 10.7. The number of carbonyl (C=O) groups is 3. The molecule has 0 saturated carbocycles. The number of benzene rings is 3. The maximum atomic E-state index is 14.1. The van der Waals surface area contributed by atoms with Gasteiger partial charge in [0.25, 0.3) is 0 Å². The van der Waals surface area contributed by atoms with E-state index in [0.29, 0.717) is 37.2 Å². The van der Waals surface area contributed by atoms with Crippen molar-refractivity contribution in [3.05, 3.63) is 72.8 Å². The van der Waals surface area contributed by atoms with Crippen LogP contribution >= 0.6 is 11.8 Å². The van der Waals surface area contributed by atoms with E-state index >= 15 is 0 Å². The second-order valence-corrected chi connectivity index (χ2v) is 13.0. The number of hydrogen-bond donors (Lipinski definition) is 3. The van der Waals surface area contributed by atoms with Crippen molar-refractivity contribution < 1.29 is 19.5 Å². The topological polar surface area (TPSA) is 98.7 Å². The van der Waals surface area contributed by atoms with E-state index in [1.807, 2.05) is 72.8 Å². The molecule has 3 amide bonds. The van der Waals surface area contributed by atoms with Crippen LogP contribution in [0.1, 0.15) is 32.6 Å². The Bertz CT molecular complexity index is 1430. The van der Waals surface area contributed by atoms with Crippen molar-refractivity contribution in [1.82, 2.24) is 4.90 Å². The highest BCUT2D eigenvalue weighted by molar-refractivity contribution is 8.02. The van der Waals surface area contributed by atoms with Crippen LogP contribution in [0, 0.1) is 11.8 Å². The SMILES string of the molecule is C[C@]12CCC3(S1)C(C(=O)Nc1ccc4ccccc4c1)N(CCCCO)C(=O)[C@@H]3[C@H]2C(=O)Nc1ccccc1. The summed E-state index contributed by atoms with van der Waals surface area (Å²) < 4.78 is -1.11. The molecule has 3 heterocycles. The number of unbranched alkanes of at least 4 members (excludes halogenated alkanes) is 1. The first kappa shape index (κ1) is 25.9. The van der Waals surface area contributed by atoms with Gasteiger partial charge in [-0.3, -0.25) is 14.4 Å². The average Bonchev–Trinajstić information content (AvgIpc) is 3.50. The van der Waals surface area contributed by atoms with E-state index in [-0.39, 0.29) is 24.3 Å². The van der Waals surface area contributed by atoms with E-state index in [2.05, 4.69) is 17.6 Å². The number of amides is 3. The van der Waals surface area contributed by atoms with E-state index in [9.17, 15) is 19.5 Å². The van der Waals surface area contributed by atoms with Gasteiger partial charge in [-0.15, -0.1) is 11.8 Å². The van der Waals surface area contributed by atoms with Crippen LogP contribution in [0.25, 0.3) is 10.8 Å². The minimum Gasteiger partial charge on any atom is -0.396 e. The standard InChI is InChI=1S/C31H33N3O4S/c1-30-15-16-31(39-30)25(24(30)27(36)32-22-11-3-2-4-12-22)29(38)34(17-7-8-18-35)26(31)28(37)33-23-14-13-20-9-5-6-10-21(20)19-23/h2-6,9-14,19,24-26,35H,7-8,15-18H2,1H3,(H,32,36)(H,33,37)/t24-,25-,26?,30+,31?/m0/s1. The molecule has 3 N–H and O–H groups in total. The van der Waals surface area contributed by atoms with Gasteiger partial charge in [0.05, 0.1) is 16.6 Å². The summed E-state index contributed by atoms with van der Waals surface area (Å²) in [7, 11) is 0. The first-order chi connectivity index (χ1) is 18.9. The maximum absolute atomic E-state index is 14.1. The number of aliphatic hydroxyl groups excluding tert-OH is 1. The summed E-state index contributed by atoms with van der Waals surface area (Å²) in [6.45, 7) is 2.47. The molecular formula is C31H33N3O4S. The molecule has 2 unspecified atom stereocenters. The first-order valence-electron chi connectivity index (χ1n) is 13.6. The number of likely N-dealkylation sites (tertiary alicyclic amines) is 1. The van der Waals surface area contributed by atoms with Crippen LogP contribution < -0.4 is 10.6 Å². The Balaban J connectivity index is 1.33. The predicted octanol–water partition coefficient (Wildman–Crippen LogP) is 4.67. The lowest BCUT2D eigenvalue weighted by Crippen LogP contribution is -2.51. The number of hydrogen-bond acceptors (Lipinski definition) is 5. The van der Waals surface area contributed by atoms with Gasteiger partial charge >= 0.3 is 0 Å². The summed E-state index contributed by atoms with van der Waals surface area (Å²) in [5.74, 6) is -1.63. The highest BCUT2D eigenvalue weighted by Crippen LogP contribution is 2.71. The van der Waals surface area contributed by atoms with Crippen LogP contribution in [-0.4, -0.2) is 56.4 Å². The lowest BCUT2D eigenvalue weighted by molar-refractivity contribution is -0.139. The Morgan fingerprint density at radius 1 is 0.923 bits per heavy atom. The number of aliphatic hydroxyl groups is 1. The molecule has 5 atom stereocenters. The van der Waals surface area contributed by atoms with Crippen LogP contribution in [0.5, 0.6) is 0 Å². The molecule has 2 bridgehead atoms.